The van der Waals surface area contributed by atoms with Gasteiger partial charge in [-0.2, -0.15) is 15.0 Å². The molecule has 1 amide bonds. The molecule has 0 spiro atoms. The van der Waals surface area contributed by atoms with Gasteiger partial charge in [-0.25, -0.2) is 0 Å². The zero-order valence-electron chi connectivity index (χ0n) is 10.8. The average molecular weight is 266 g/mol. The fourth-order valence-electron chi connectivity index (χ4n) is 1.46. The van der Waals surface area contributed by atoms with E-state index in [2.05, 4.69) is 25.6 Å². The highest BCUT2D eigenvalue weighted by Crippen LogP contribution is 2.18. The molecule has 1 aliphatic carbocycles. The van der Waals surface area contributed by atoms with Crippen LogP contribution in [0.4, 0.5) is 11.9 Å². The minimum Gasteiger partial charge on any atom is -0.464 e. The average Bonchev–Trinajstić information content (AvgIpc) is 3.12. The number of anilines is 2. The van der Waals surface area contributed by atoms with E-state index in [9.17, 15) is 4.79 Å². The lowest BCUT2D eigenvalue weighted by Gasteiger charge is -2.07. The van der Waals surface area contributed by atoms with Crippen LogP contribution < -0.4 is 21.1 Å². The fourth-order valence-corrected chi connectivity index (χ4v) is 1.46. The van der Waals surface area contributed by atoms with Crippen molar-refractivity contribution in [2.24, 2.45) is 0 Å². The Morgan fingerprint density at radius 2 is 2.21 bits per heavy atom. The lowest BCUT2D eigenvalue weighted by Crippen LogP contribution is -2.27. The maximum atomic E-state index is 11.5. The molecule has 0 atom stereocenters. The Kier molecular flexibility index (Phi) is 4.32. The molecule has 8 nitrogen and oxygen atoms in total. The monoisotopic (exact) mass is 266 g/mol. The predicted octanol–water partition coefficient (Wildman–Crippen LogP) is -0.0669. The van der Waals surface area contributed by atoms with Gasteiger partial charge in [0.15, 0.2) is 0 Å². The predicted molar refractivity (Wildman–Crippen MR) is 69.7 cm³/mol. The quantitative estimate of drug-likeness (QED) is 0.632. The van der Waals surface area contributed by atoms with Gasteiger partial charge in [0.1, 0.15) is 0 Å². The molecule has 1 fully saturated rings. The Balaban J connectivity index is 1.79. The molecule has 4 N–H and O–H groups in total. The largest absolute Gasteiger partial charge is 0.464 e. The number of nitrogens with two attached hydrogens (primary N) is 1. The third-order valence-corrected chi connectivity index (χ3v) is 2.48. The first kappa shape index (κ1) is 13.3. The van der Waals surface area contributed by atoms with Crippen LogP contribution >= 0.6 is 0 Å². The van der Waals surface area contributed by atoms with E-state index in [-0.39, 0.29) is 17.9 Å². The fraction of sp³-hybridized carbons (Fsp3) is 0.636. The van der Waals surface area contributed by atoms with E-state index in [1.54, 1.807) is 0 Å². The van der Waals surface area contributed by atoms with Crippen molar-refractivity contribution < 1.29 is 9.53 Å². The zero-order valence-corrected chi connectivity index (χ0v) is 10.8. The molecular formula is C11H18N6O2. The van der Waals surface area contributed by atoms with Gasteiger partial charge >= 0.3 is 6.01 Å². The van der Waals surface area contributed by atoms with Crippen molar-refractivity contribution in [2.75, 3.05) is 24.2 Å². The van der Waals surface area contributed by atoms with E-state index in [1.165, 1.54) is 0 Å². The summed E-state index contributed by atoms with van der Waals surface area (Å²) in [6, 6.07) is 0.560. The molecule has 19 heavy (non-hydrogen) atoms. The van der Waals surface area contributed by atoms with Gasteiger partial charge in [0.05, 0.1) is 6.61 Å². The van der Waals surface area contributed by atoms with Crippen LogP contribution in [0.15, 0.2) is 0 Å². The van der Waals surface area contributed by atoms with Gasteiger partial charge in [0.25, 0.3) is 0 Å². The molecule has 0 unspecified atom stereocenters. The Hall–Kier alpha value is -2.12. The van der Waals surface area contributed by atoms with Crippen molar-refractivity contribution in [3.8, 4) is 6.01 Å². The number of carbonyl (C=O) groups is 1. The molecule has 8 heteroatoms. The van der Waals surface area contributed by atoms with Crippen molar-refractivity contribution >= 4 is 17.8 Å². The van der Waals surface area contributed by atoms with Gasteiger partial charge in [-0.05, 0) is 19.8 Å². The molecule has 1 aromatic heterocycles. The first-order valence-corrected chi connectivity index (χ1v) is 6.35. The van der Waals surface area contributed by atoms with Crippen LogP contribution in [-0.2, 0) is 4.79 Å². The maximum absolute atomic E-state index is 11.5. The third-order valence-electron chi connectivity index (χ3n) is 2.48. The van der Waals surface area contributed by atoms with Crippen LogP contribution in [0, 0.1) is 0 Å². The highest BCUT2D eigenvalue weighted by molar-refractivity contribution is 5.77. The molecule has 1 aromatic rings. The van der Waals surface area contributed by atoms with E-state index < -0.39 is 0 Å². The SMILES string of the molecule is CCOc1nc(N)nc(NCCC(=O)NC2CC2)n1. The number of nitrogens with zero attached hydrogens (tertiary/aromatic N) is 3. The summed E-state index contributed by atoms with van der Waals surface area (Å²) in [6.07, 6.45) is 2.54. The number of ether oxygens (including phenoxy) is 1. The summed E-state index contributed by atoms with van der Waals surface area (Å²) in [7, 11) is 0. The van der Waals surface area contributed by atoms with Crippen LogP contribution in [0.1, 0.15) is 26.2 Å². The topological polar surface area (TPSA) is 115 Å². The first-order chi connectivity index (χ1) is 9.17. The number of nitrogen functional groups attached to an aromatic ring is 1. The Bertz CT molecular complexity index is 449. The minimum atomic E-state index is 0.0297. The lowest BCUT2D eigenvalue weighted by molar-refractivity contribution is -0.120. The molecule has 1 aliphatic rings. The second-order valence-corrected chi connectivity index (χ2v) is 4.25. The molecule has 1 saturated carbocycles. The Morgan fingerprint density at radius 1 is 1.42 bits per heavy atom. The molecule has 104 valence electrons. The van der Waals surface area contributed by atoms with E-state index in [0.717, 1.165) is 12.8 Å². The van der Waals surface area contributed by atoms with E-state index in [1.807, 2.05) is 6.92 Å². The van der Waals surface area contributed by atoms with Crippen LogP contribution in [0.25, 0.3) is 0 Å². The van der Waals surface area contributed by atoms with E-state index in [0.29, 0.717) is 31.6 Å². The first-order valence-electron chi connectivity index (χ1n) is 6.35. The highest BCUT2D eigenvalue weighted by atomic mass is 16.5. The molecule has 0 saturated heterocycles. The van der Waals surface area contributed by atoms with Crippen molar-refractivity contribution in [1.29, 1.82) is 0 Å². The summed E-state index contributed by atoms with van der Waals surface area (Å²) in [5, 5.41) is 5.83. The number of nitrogens with one attached hydrogen (secondary N) is 2. The summed E-state index contributed by atoms with van der Waals surface area (Å²) in [5.74, 6) is 0.431. The van der Waals surface area contributed by atoms with Gasteiger partial charge < -0.3 is 21.1 Å². The highest BCUT2D eigenvalue weighted by Gasteiger charge is 2.22. The molecule has 1 heterocycles. The number of aromatic nitrogens is 3. The number of amides is 1. The molecule has 0 aliphatic heterocycles. The molecule has 0 bridgehead atoms. The van der Waals surface area contributed by atoms with Crippen molar-refractivity contribution in [2.45, 2.75) is 32.2 Å². The number of carbonyl (C=O) groups excluding carboxylic acids is 1. The summed E-state index contributed by atoms with van der Waals surface area (Å²) in [6.45, 7) is 2.72. The van der Waals surface area contributed by atoms with Crippen LogP contribution in [-0.4, -0.2) is 40.1 Å². The Morgan fingerprint density at radius 3 is 2.89 bits per heavy atom. The van der Waals surface area contributed by atoms with Crippen molar-refractivity contribution in [1.82, 2.24) is 20.3 Å². The van der Waals surface area contributed by atoms with Gasteiger partial charge in [0.2, 0.25) is 17.8 Å². The summed E-state index contributed by atoms with van der Waals surface area (Å²) in [5.41, 5.74) is 5.53. The lowest BCUT2D eigenvalue weighted by atomic mass is 10.4. The Labute approximate surface area is 111 Å². The molecule has 2 rings (SSSR count). The second-order valence-electron chi connectivity index (χ2n) is 4.25. The van der Waals surface area contributed by atoms with E-state index in [4.69, 9.17) is 10.5 Å². The molecule has 0 radical (unpaired) electrons. The normalized spacial score (nSPS) is 13.9. The van der Waals surface area contributed by atoms with Gasteiger partial charge in [-0.15, -0.1) is 0 Å². The number of hydrogen-bond donors (Lipinski definition) is 3. The summed E-state index contributed by atoms with van der Waals surface area (Å²) >= 11 is 0. The second kappa shape index (κ2) is 6.17. The minimum absolute atomic E-state index is 0.0297. The molecule has 0 aromatic carbocycles. The number of rotatable bonds is 7. The van der Waals surface area contributed by atoms with E-state index >= 15 is 0 Å². The zero-order chi connectivity index (χ0) is 13.7. The van der Waals surface area contributed by atoms with Gasteiger partial charge in [0, 0.05) is 19.0 Å². The maximum Gasteiger partial charge on any atom is 0.323 e. The van der Waals surface area contributed by atoms with Gasteiger partial charge in [-0.3, -0.25) is 4.79 Å². The van der Waals surface area contributed by atoms with Crippen LogP contribution in [0.2, 0.25) is 0 Å². The van der Waals surface area contributed by atoms with Gasteiger partial charge in [-0.1, -0.05) is 0 Å². The number of hydrogen-bond acceptors (Lipinski definition) is 7. The molecular weight excluding hydrogens is 248 g/mol. The van der Waals surface area contributed by atoms with Crippen molar-refractivity contribution in [3.05, 3.63) is 0 Å². The third kappa shape index (κ3) is 4.57. The smallest absolute Gasteiger partial charge is 0.323 e. The van der Waals surface area contributed by atoms with Crippen LogP contribution in [0.5, 0.6) is 6.01 Å². The summed E-state index contributed by atoms with van der Waals surface area (Å²) in [4.78, 5) is 23.2. The van der Waals surface area contributed by atoms with Crippen molar-refractivity contribution in [3.63, 3.8) is 0 Å². The summed E-state index contributed by atoms with van der Waals surface area (Å²) < 4.78 is 5.15. The standard InChI is InChI=1S/C11H18N6O2/c1-2-19-11-16-9(12)15-10(17-11)13-6-5-8(18)14-7-3-4-7/h7H,2-6H2,1H3,(H,14,18)(H3,12,13,15,16,17). The van der Waals surface area contributed by atoms with Crippen LogP contribution in [0.3, 0.4) is 0 Å².